The molecule has 0 atom stereocenters. The zero-order valence-corrected chi connectivity index (χ0v) is 24.7. The van der Waals surface area contributed by atoms with Gasteiger partial charge in [0.2, 0.25) is 0 Å². The molecule has 4 N–H and O–H groups in total. The summed E-state index contributed by atoms with van der Waals surface area (Å²) in [5.41, 5.74) is 8.83. The molecular weight excluding hydrogens is 546 g/mol. The molecule has 0 radical (unpaired) electrons. The molecule has 226 valence electrons. The lowest BCUT2D eigenvalue weighted by molar-refractivity contribution is 0.0746. The van der Waals surface area contributed by atoms with E-state index < -0.39 is 0 Å². The minimum Gasteiger partial charge on any atom is -0.493 e. The molecule has 2 aliphatic rings. The fraction of sp³-hybridized carbons (Fsp3) is 0.364. The largest absolute Gasteiger partial charge is 0.493 e. The number of ether oxygens (including phenoxy) is 2. The lowest BCUT2D eigenvalue weighted by Crippen LogP contribution is -2.49. The van der Waals surface area contributed by atoms with Gasteiger partial charge in [0.25, 0.3) is 17.7 Å². The van der Waals surface area contributed by atoms with Crippen LogP contribution < -0.4 is 30.7 Å². The second-order valence-corrected chi connectivity index (χ2v) is 11.0. The van der Waals surface area contributed by atoms with Crippen molar-refractivity contribution < 1.29 is 23.9 Å². The molecule has 5 rings (SSSR count). The maximum Gasteiger partial charge on any atom is 0.255 e. The fourth-order valence-electron chi connectivity index (χ4n) is 5.67. The lowest BCUT2D eigenvalue weighted by atomic mass is 9.91. The Hall–Kier alpha value is -4.57. The van der Waals surface area contributed by atoms with Crippen molar-refractivity contribution in [1.82, 2.24) is 10.2 Å². The zero-order chi connectivity index (χ0) is 30.3. The van der Waals surface area contributed by atoms with Crippen molar-refractivity contribution >= 4 is 29.1 Å². The topological polar surface area (TPSA) is 126 Å². The molecule has 1 aliphatic carbocycles. The van der Waals surface area contributed by atoms with E-state index in [2.05, 4.69) is 15.5 Å². The molecule has 10 heteroatoms. The van der Waals surface area contributed by atoms with Gasteiger partial charge in [-0.15, -0.1) is 0 Å². The summed E-state index contributed by atoms with van der Waals surface area (Å²) >= 11 is 0. The first kappa shape index (κ1) is 29.9. The number of benzene rings is 3. The molecule has 1 aliphatic heterocycles. The SMILES string of the molecule is COc1ccc(C(=O)Nc2cc(C(=O)NC3CCC(N)CC3)ccc2N2CCN(C(=O)c3ccccc3)CC2)cc1OC. The number of nitrogens with two attached hydrogens (primary N) is 1. The monoisotopic (exact) mass is 585 g/mol. The molecule has 1 saturated heterocycles. The molecule has 3 aromatic rings. The average Bonchev–Trinajstić information content (AvgIpc) is 3.05. The van der Waals surface area contributed by atoms with E-state index in [-0.39, 0.29) is 29.8 Å². The van der Waals surface area contributed by atoms with Gasteiger partial charge in [0.15, 0.2) is 11.5 Å². The number of hydrogen-bond acceptors (Lipinski definition) is 7. The van der Waals surface area contributed by atoms with Crippen LogP contribution in [0.25, 0.3) is 0 Å². The van der Waals surface area contributed by atoms with Crippen LogP contribution in [-0.2, 0) is 0 Å². The quantitative estimate of drug-likeness (QED) is 0.366. The molecule has 3 amide bonds. The number of anilines is 2. The number of methoxy groups -OCH3 is 2. The third-order valence-corrected chi connectivity index (χ3v) is 8.19. The Morgan fingerprint density at radius 1 is 0.744 bits per heavy atom. The first-order valence-electron chi connectivity index (χ1n) is 14.7. The second kappa shape index (κ2) is 13.6. The number of rotatable bonds is 8. The number of hydrogen-bond donors (Lipinski definition) is 3. The number of nitrogens with zero attached hydrogens (tertiary/aromatic N) is 2. The van der Waals surface area contributed by atoms with Crippen molar-refractivity contribution in [1.29, 1.82) is 0 Å². The van der Waals surface area contributed by atoms with Crippen molar-refractivity contribution in [3.63, 3.8) is 0 Å². The minimum absolute atomic E-state index is 0.00193. The molecule has 1 heterocycles. The predicted molar refractivity (Wildman–Crippen MR) is 166 cm³/mol. The standard InChI is InChI=1S/C33H39N5O5/c1-42-29-15-9-24(21-30(29)43-2)32(40)36-27-20-23(31(39)35-26-12-10-25(34)11-13-26)8-14-28(27)37-16-18-38(19-17-37)33(41)22-6-4-3-5-7-22/h3-9,14-15,20-21,25-26H,10-13,16-19,34H2,1-2H3,(H,35,39)(H,36,40). The van der Waals surface area contributed by atoms with E-state index in [0.29, 0.717) is 60.1 Å². The summed E-state index contributed by atoms with van der Waals surface area (Å²) in [7, 11) is 3.05. The van der Waals surface area contributed by atoms with Gasteiger partial charge in [-0.3, -0.25) is 14.4 Å². The first-order valence-corrected chi connectivity index (χ1v) is 14.7. The number of piperazine rings is 1. The Bertz CT molecular complexity index is 1450. The maximum absolute atomic E-state index is 13.5. The molecule has 0 aromatic heterocycles. The molecule has 2 fully saturated rings. The second-order valence-electron chi connectivity index (χ2n) is 11.0. The summed E-state index contributed by atoms with van der Waals surface area (Å²) in [5, 5.41) is 6.16. The highest BCUT2D eigenvalue weighted by molar-refractivity contribution is 6.07. The van der Waals surface area contributed by atoms with E-state index in [1.54, 1.807) is 30.3 Å². The van der Waals surface area contributed by atoms with E-state index in [9.17, 15) is 14.4 Å². The fourth-order valence-corrected chi connectivity index (χ4v) is 5.67. The summed E-state index contributed by atoms with van der Waals surface area (Å²) in [5.74, 6) is 0.420. The van der Waals surface area contributed by atoms with Crippen molar-refractivity contribution in [3.8, 4) is 11.5 Å². The molecular formula is C33H39N5O5. The van der Waals surface area contributed by atoms with Gasteiger partial charge in [0, 0.05) is 55.0 Å². The minimum atomic E-state index is -0.348. The van der Waals surface area contributed by atoms with Crippen LogP contribution in [-0.4, -0.2) is 75.1 Å². The Morgan fingerprint density at radius 2 is 1.40 bits per heavy atom. The van der Waals surface area contributed by atoms with Crippen LogP contribution in [0.4, 0.5) is 11.4 Å². The highest BCUT2D eigenvalue weighted by Gasteiger charge is 2.26. The highest BCUT2D eigenvalue weighted by atomic mass is 16.5. The van der Waals surface area contributed by atoms with Crippen molar-refractivity contribution in [2.24, 2.45) is 5.73 Å². The van der Waals surface area contributed by atoms with Crippen LogP contribution in [0.2, 0.25) is 0 Å². The van der Waals surface area contributed by atoms with E-state index in [4.69, 9.17) is 15.2 Å². The van der Waals surface area contributed by atoms with E-state index in [0.717, 1.165) is 31.4 Å². The van der Waals surface area contributed by atoms with Gasteiger partial charge in [0.05, 0.1) is 25.6 Å². The van der Waals surface area contributed by atoms with Crippen LogP contribution >= 0.6 is 0 Å². The van der Waals surface area contributed by atoms with Crippen LogP contribution in [0.3, 0.4) is 0 Å². The molecule has 0 unspecified atom stereocenters. The third-order valence-electron chi connectivity index (χ3n) is 8.19. The van der Waals surface area contributed by atoms with Gasteiger partial charge in [0.1, 0.15) is 0 Å². The Kier molecular flexibility index (Phi) is 9.46. The molecule has 0 spiro atoms. The van der Waals surface area contributed by atoms with Gasteiger partial charge in [-0.2, -0.15) is 0 Å². The Balaban J connectivity index is 1.36. The zero-order valence-electron chi connectivity index (χ0n) is 24.7. The lowest BCUT2D eigenvalue weighted by Gasteiger charge is -2.37. The summed E-state index contributed by atoms with van der Waals surface area (Å²) in [6, 6.07) is 19.8. The van der Waals surface area contributed by atoms with Gasteiger partial charge >= 0.3 is 0 Å². The predicted octanol–water partition coefficient (Wildman–Crippen LogP) is 3.92. The average molecular weight is 586 g/mol. The van der Waals surface area contributed by atoms with Crippen LogP contribution in [0.1, 0.15) is 56.8 Å². The normalized spacial score (nSPS) is 18.5. The molecule has 0 bridgehead atoms. The maximum atomic E-state index is 13.5. The van der Waals surface area contributed by atoms with Gasteiger partial charge in [-0.05, 0) is 74.2 Å². The summed E-state index contributed by atoms with van der Waals surface area (Å²) in [4.78, 5) is 43.7. The third kappa shape index (κ3) is 7.09. The van der Waals surface area contributed by atoms with Crippen molar-refractivity contribution in [2.45, 2.75) is 37.8 Å². The van der Waals surface area contributed by atoms with Crippen molar-refractivity contribution in [3.05, 3.63) is 83.4 Å². The number of carbonyl (C=O) groups excluding carboxylic acids is 3. The van der Waals surface area contributed by atoms with Crippen LogP contribution in [0.5, 0.6) is 11.5 Å². The van der Waals surface area contributed by atoms with E-state index in [1.165, 1.54) is 14.2 Å². The van der Waals surface area contributed by atoms with Gasteiger partial charge in [-0.1, -0.05) is 18.2 Å². The number of amides is 3. The Labute approximate surface area is 252 Å². The van der Waals surface area contributed by atoms with E-state index in [1.807, 2.05) is 41.3 Å². The molecule has 1 saturated carbocycles. The number of nitrogens with one attached hydrogen (secondary N) is 2. The summed E-state index contributed by atoms with van der Waals surface area (Å²) < 4.78 is 10.7. The summed E-state index contributed by atoms with van der Waals surface area (Å²) in [6.45, 7) is 2.21. The molecule has 10 nitrogen and oxygen atoms in total. The molecule has 43 heavy (non-hydrogen) atoms. The van der Waals surface area contributed by atoms with Crippen LogP contribution in [0, 0.1) is 0 Å². The number of carbonyl (C=O) groups is 3. The smallest absolute Gasteiger partial charge is 0.255 e. The van der Waals surface area contributed by atoms with Crippen molar-refractivity contribution in [2.75, 3.05) is 50.6 Å². The Morgan fingerprint density at radius 3 is 2.07 bits per heavy atom. The summed E-state index contributed by atoms with van der Waals surface area (Å²) in [6.07, 6.45) is 3.46. The van der Waals surface area contributed by atoms with Gasteiger partial charge in [-0.25, -0.2) is 0 Å². The van der Waals surface area contributed by atoms with E-state index >= 15 is 0 Å². The van der Waals surface area contributed by atoms with Gasteiger partial charge < -0.3 is 35.6 Å². The first-order chi connectivity index (χ1) is 20.9. The van der Waals surface area contributed by atoms with Crippen LogP contribution in [0.15, 0.2) is 66.7 Å². The highest BCUT2D eigenvalue weighted by Crippen LogP contribution is 2.31. The molecule has 3 aromatic carbocycles.